The van der Waals surface area contributed by atoms with Crippen LogP contribution in [0, 0.1) is 0 Å². The molecule has 27 heavy (non-hydrogen) atoms. The summed E-state index contributed by atoms with van der Waals surface area (Å²) >= 11 is -0.611. The smallest absolute Gasteiger partial charge is 0.189 e. The summed E-state index contributed by atoms with van der Waals surface area (Å²) in [6.45, 7) is -1.33. The maximum absolute atomic E-state index is 9.84. The van der Waals surface area contributed by atoms with E-state index in [1.165, 1.54) is 0 Å². The number of hydrogen-bond acceptors (Lipinski definition) is 12. The lowest BCUT2D eigenvalue weighted by atomic mass is 9.98. The summed E-state index contributed by atoms with van der Waals surface area (Å²) in [5, 5.41) is 76.4. The third kappa shape index (κ3) is 6.43. The Morgan fingerprint density at radius 1 is 0.704 bits per heavy atom. The normalized spacial score (nSPS) is 45.3. The molecule has 2 fully saturated rings. The SMILES string of the molecule is C[S+](C)[O-].OC[C@H]1O[C@H](O[C@H]2O[C@H](CO)[C@@H](O)[C@H](O)[C@H]2O)[C@H](O)[C@@H](O)[C@@H]1O. The van der Waals surface area contributed by atoms with E-state index in [-0.39, 0.29) is 0 Å². The summed E-state index contributed by atoms with van der Waals surface area (Å²) in [4.78, 5) is 0. The van der Waals surface area contributed by atoms with Crippen LogP contribution in [0.15, 0.2) is 0 Å². The molecule has 8 N–H and O–H groups in total. The predicted octanol–water partition coefficient (Wildman–Crippen LogP) is -5.40. The van der Waals surface area contributed by atoms with E-state index < -0.39 is 85.8 Å². The Labute approximate surface area is 158 Å². The molecule has 162 valence electrons. The largest absolute Gasteiger partial charge is 0.617 e. The zero-order valence-corrected chi connectivity index (χ0v) is 15.6. The van der Waals surface area contributed by atoms with Gasteiger partial charge in [-0.05, 0) is 0 Å². The van der Waals surface area contributed by atoms with Gasteiger partial charge in [-0.15, -0.1) is 0 Å². The number of rotatable bonds is 4. The van der Waals surface area contributed by atoms with E-state index in [9.17, 15) is 35.2 Å². The van der Waals surface area contributed by atoms with E-state index in [1.807, 2.05) is 0 Å². The van der Waals surface area contributed by atoms with Gasteiger partial charge in [0.05, 0.1) is 25.7 Å². The second-order valence-electron chi connectivity index (χ2n) is 6.27. The minimum absolute atomic E-state index is 0.611. The molecule has 0 unspecified atom stereocenters. The van der Waals surface area contributed by atoms with Gasteiger partial charge in [0, 0.05) is 0 Å². The first-order valence-electron chi connectivity index (χ1n) is 8.06. The molecule has 0 bridgehead atoms. The summed E-state index contributed by atoms with van der Waals surface area (Å²) in [6.07, 6.45) is -12.3. The summed E-state index contributed by atoms with van der Waals surface area (Å²) < 4.78 is 24.9. The van der Waals surface area contributed by atoms with Gasteiger partial charge < -0.3 is 59.6 Å². The summed E-state index contributed by atoms with van der Waals surface area (Å²) in [5.41, 5.74) is 0. The Balaban J connectivity index is 0.000000828. The van der Waals surface area contributed by atoms with Gasteiger partial charge in [0.1, 0.15) is 48.8 Å². The highest BCUT2D eigenvalue weighted by Gasteiger charge is 2.49. The third-order valence-corrected chi connectivity index (χ3v) is 3.97. The van der Waals surface area contributed by atoms with Crippen molar-refractivity contribution in [1.82, 2.24) is 0 Å². The van der Waals surface area contributed by atoms with Crippen molar-refractivity contribution in [3.63, 3.8) is 0 Å². The van der Waals surface area contributed by atoms with E-state index in [0.717, 1.165) is 0 Å². The molecule has 13 heteroatoms. The first kappa shape index (κ1) is 24.9. The maximum atomic E-state index is 9.84. The molecule has 2 heterocycles. The molecule has 0 aromatic carbocycles. The van der Waals surface area contributed by atoms with Crippen molar-refractivity contribution in [2.75, 3.05) is 25.7 Å². The monoisotopic (exact) mass is 420 g/mol. The molecule has 2 saturated heterocycles. The highest BCUT2D eigenvalue weighted by molar-refractivity contribution is 7.89. The van der Waals surface area contributed by atoms with Crippen molar-refractivity contribution in [1.29, 1.82) is 0 Å². The van der Waals surface area contributed by atoms with Crippen molar-refractivity contribution in [2.24, 2.45) is 0 Å². The van der Waals surface area contributed by atoms with Gasteiger partial charge in [-0.3, -0.25) is 0 Å². The highest BCUT2D eigenvalue weighted by Crippen LogP contribution is 2.27. The molecule has 10 atom stereocenters. The van der Waals surface area contributed by atoms with Gasteiger partial charge in [-0.25, -0.2) is 0 Å². The van der Waals surface area contributed by atoms with Crippen molar-refractivity contribution < 1.29 is 59.6 Å². The van der Waals surface area contributed by atoms with Gasteiger partial charge in [0.2, 0.25) is 0 Å². The Morgan fingerprint density at radius 2 is 1.00 bits per heavy atom. The van der Waals surface area contributed by atoms with E-state index in [2.05, 4.69) is 0 Å². The number of ether oxygens (including phenoxy) is 3. The van der Waals surface area contributed by atoms with Crippen LogP contribution in [-0.2, 0) is 25.4 Å². The van der Waals surface area contributed by atoms with Crippen LogP contribution in [0.5, 0.6) is 0 Å². The summed E-state index contributed by atoms with van der Waals surface area (Å²) in [5.74, 6) is 0. The predicted molar refractivity (Wildman–Crippen MR) is 88.6 cm³/mol. The van der Waals surface area contributed by atoms with Crippen LogP contribution in [0.4, 0.5) is 0 Å². The summed E-state index contributed by atoms with van der Waals surface area (Å²) in [7, 11) is 0. The zero-order chi connectivity index (χ0) is 20.9. The van der Waals surface area contributed by atoms with Crippen LogP contribution in [-0.4, -0.2) is 133 Å². The molecule has 0 aliphatic carbocycles. The lowest BCUT2D eigenvalue weighted by Gasteiger charge is -2.44. The van der Waals surface area contributed by atoms with Crippen LogP contribution in [0.3, 0.4) is 0 Å². The second kappa shape index (κ2) is 11.2. The molecule has 12 nitrogen and oxygen atoms in total. The van der Waals surface area contributed by atoms with E-state index in [1.54, 1.807) is 12.5 Å². The van der Waals surface area contributed by atoms with Gasteiger partial charge in [0.25, 0.3) is 0 Å². The molecular formula is C14H28O12S. The molecule has 2 aliphatic heterocycles. The molecular weight excluding hydrogens is 392 g/mol. The molecule has 0 radical (unpaired) electrons. The fraction of sp³-hybridized carbons (Fsp3) is 1.00. The Hall–Kier alpha value is -0.130. The minimum atomic E-state index is -1.72. The van der Waals surface area contributed by atoms with Crippen molar-refractivity contribution >= 4 is 11.2 Å². The first-order valence-corrected chi connectivity index (χ1v) is 10.0. The minimum Gasteiger partial charge on any atom is -0.617 e. The number of hydrogen-bond donors (Lipinski definition) is 8. The van der Waals surface area contributed by atoms with Crippen LogP contribution in [0.25, 0.3) is 0 Å². The molecule has 0 aromatic rings. The van der Waals surface area contributed by atoms with Crippen molar-refractivity contribution in [2.45, 2.75) is 61.4 Å². The zero-order valence-electron chi connectivity index (χ0n) is 14.8. The average molecular weight is 420 g/mol. The van der Waals surface area contributed by atoms with Crippen LogP contribution in [0.1, 0.15) is 0 Å². The lowest BCUT2D eigenvalue weighted by molar-refractivity contribution is -0.376. The molecule has 0 saturated carbocycles. The Morgan fingerprint density at radius 3 is 1.26 bits per heavy atom. The summed E-state index contributed by atoms with van der Waals surface area (Å²) in [6, 6.07) is 0. The Bertz CT molecular complexity index is 388. The van der Waals surface area contributed by atoms with Crippen LogP contribution < -0.4 is 0 Å². The van der Waals surface area contributed by atoms with Gasteiger partial charge >= 0.3 is 0 Å². The fourth-order valence-electron chi connectivity index (χ4n) is 2.49. The average Bonchev–Trinajstić information content (AvgIpc) is 2.61. The third-order valence-electron chi connectivity index (χ3n) is 3.97. The molecule has 0 spiro atoms. The molecule has 0 amide bonds. The second-order valence-corrected chi connectivity index (χ2v) is 7.76. The number of aliphatic hydroxyl groups is 8. The standard InChI is InChI=1S/C12H22O11.C2H6OS/c13-1-3-5(15)7(17)9(19)11(21-3)23-12-10(20)8(18)6(16)4(2-14)22-12;1-4(2)3/h3-20H,1-2H2;1-2H3/t3-,4-,5-,6-,7+,8+,9-,10-,11-,12-;/m1./s1. The molecule has 0 aromatic heterocycles. The van der Waals surface area contributed by atoms with Crippen molar-refractivity contribution in [3.05, 3.63) is 0 Å². The van der Waals surface area contributed by atoms with Gasteiger partial charge in [0.15, 0.2) is 12.6 Å². The molecule has 2 aliphatic rings. The topological polar surface area (TPSA) is 213 Å². The maximum Gasteiger partial charge on any atom is 0.189 e. The molecule has 2 rings (SSSR count). The van der Waals surface area contributed by atoms with Crippen LogP contribution >= 0.6 is 0 Å². The van der Waals surface area contributed by atoms with E-state index >= 15 is 0 Å². The van der Waals surface area contributed by atoms with E-state index in [4.69, 9.17) is 24.4 Å². The van der Waals surface area contributed by atoms with Crippen molar-refractivity contribution in [3.8, 4) is 0 Å². The lowest BCUT2D eigenvalue weighted by Crippen LogP contribution is -2.63. The quantitative estimate of drug-likeness (QED) is 0.200. The fourth-order valence-corrected chi connectivity index (χ4v) is 2.49. The highest BCUT2D eigenvalue weighted by atomic mass is 32.2. The number of aliphatic hydroxyl groups excluding tert-OH is 8. The van der Waals surface area contributed by atoms with Gasteiger partial charge in [-0.1, -0.05) is 11.2 Å². The Kier molecular flexibility index (Phi) is 10.3. The van der Waals surface area contributed by atoms with Gasteiger partial charge in [-0.2, -0.15) is 0 Å². The van der Waals surface area contributed by atoms with Crippen LogP contribution in [0.2, 0.25) is 0 Å². The first-order chi connectivity index (χ1) is 12.5. The van der Waals surface area contributed by atoms with E-state index in [0.29, 0.717) is 0 Å².